The van der Waals surface area contributed by atoms with Crippen molar-refractivity contribution in [3.63, 3.8) is 0 Å². The molecule has 0 unspecified atom stereocenters. The predicted molar refractivity (Wildman–Crippen MR) is 107 cm³/mol. The molecule has 0 bridgehead atoms. The number of esters is 1. The zero-order chi connectivity index (χ0) is 20.1. The van der Waals surface area contributed by atoms with E-state index < -0.39 is 5.97 Å². The maximum absolute atomic E-state index is 12.5. The van der Waals surface area contributed by atoms with Crippen LogP contribution in [0, 0.1) is 6.92 Å². The lowest BCUT2D eigenvalue weighted by Gasteiger charge is -2.10. The predicted octanol–water partition coefficient (Wildman–Crippen LogP) is 4.22. The van der Waals surface area contributed by atoms with Crippen LogP contribution in [-0.4, -0.2) is 29.0 Å². The maximum atomic E-state index is 12.5. The molecule has 2 N–H and O–H groups in total. The summed E-state index contributed by atoms with van der Waals surface area (Å²) in [5.74, 6) is -0.696. The molecule has 2 aromatic carbocycles. The second kappa shape index (κ2) is 8.49. The molecule has 28 heavy (non-hydrogen) atoms. The Kier molecular flexibility index (Phi) is 5.86. The average molecular weight is 397 g/mol. The molecule has 0 saturated carbocycles. The van der Waals surface area contributed by atoms with Crippen molar-refractivity contribution in [1.29, 1.82) is 0 Å². The molecule has 0 aliphatic rings. The second-order valence-corrected chi connectivity index (χ2v) is 6.31. The third-order valence-corrected chi connectivity index (χ3v) is 4.13. The summed E-state index contributed by atoms with van der Waals surface area (Å²) < 4.78 is 4.70. The Morgan fingerprint density at radius 1 is 1.11 bits per heavy atom. The summed E-state index contributed by atoms with van der Waals surface area (Å²) in [6, 6.07) is 13.6. The van der Waals surface area contributed by atoms with Gasteiger partial charge >= 0.3 is 5.97 Å². The summed E-state index contributed by atoms with van der Waals surface area (Å²) in [6.45, 7) is 1.94. The fraction of sp³-hybridized carbons (Fsp3) is 0.100. The van der Waals surface area contributed by atoms with Crippen LogP contribution in [-0.2, 0) is 4.74 Å². The van der Waals surface area contributed by atoms with Gasteiger partial charge in [-0.05, 0) is 48.9 Å². The first-order valence-electron chi connectivity index (χ1n) is 8.32. The number of nitrogens with one attached hydrogen (secondary N) is 2. The van der Waals surface area contributed by atoms with Crippen molar-refractivity contribution in [3.8, 4) is 0 Å². The van der Waals surface area contributed by atoms with Crippen LogP contribution in [0.5, 0.6) is 0 Å². The number of carbonyl (C=O) groups excluding carboxylic acids is 2. The van der Waals surface area contributed by atoms with E-state index in [1.54, 1.807) is 18.2 Å². The molecule has 3 aromatic rings. The fourth-order valence-corrected chi connectivity index (χ4v) is 2.61. The molecule has 0 radical (unpaired) electrons. The number of amides is 1. The molecule has 0 aliphatic carbocycles. The molecule has 0 fully saturated rings. The molecular formula is C20H17ClN4O3. The van der Waals surface area contributed by atoms with Gasteiger partial charge in [-0.15, -0.1) is 0 Å². The Morgan fingerprint density at radius 2 is 1.93 bits per heavy atom. The van der Waals surface area contributed by atoms with E-state index in [1.165, 1.54) is 25.4 Å². The molecule has 8 heteroatoms. The molecule has 0 saturated heterocycles. The number of nitrogens with zero attached hydrogens (tertiary/aromatic N) is 2. The van der Waals surface area contributed by atoms with Gasteiger partial charge in [0.2, 0.25) is 5.95 Å². The van der Waals surface area contributed by atoms with Crippen molar-refractivity contribution in [1.82, 2.24) is 9.97 Å². The normalized spacial score (nSPS) is 10.2. The van der Waals surface area contributed by atoms with Crippen molar-refractivity contribution in [2.75, 3.05) is 17.7 Å². The van der Waals surface area contributed by atoms with Crippen LogP contribution in [0.4, 0.5) is 17.3 Å². The highest BCUT2D eigenvalue weighted by molar-refractivity contribution is 6.33. The van der Waals surface area contributed by atoms with Gasteiger partial charge in [-0.2, -0.15) is 0 Å². The van der Waals surface area contributed by atoms with Crippen LogP contribution in [0.25, 0.3) is 0 Å². The number of ether oxygens (including phenoxy) is 1. The SMILES string of the molecule is COC(=O)c1ccc(Cl)c(Nc2nccc(C(=O)Nc3cccc(C)c3)n2)c1. The van der Waals surface area contributed by atoms with Gasteiger partial charge in [0.15, 0.2) is 0 Å². The van der Waals surface area contributed by atoms with Crippen molar-refractivity contribution in [2.24, 2.45) is 0 Å². The smallest absolute Gasteiger partial charge is 0.337 e. The number of aromatic nitrogens is 2. The highest BCUT2D eigenvalue weighted by Crippen LogP contribution is 2.25. The van der Waals surface area contributed by atoms with Gasteiger partial charge in [0.05, 0.1) is 23.4 Å². The van der Waals surface area contributed by atoms with Gasteiger partial charge in [-0.3, -0.25) is 4.79 Å². The number of benzene rings is 2. The van der Waals surface area contributed by atoms with Crippen molar-refractivity contribution in [2.45, 2.75) is 6.92 Å². The van der Waals surface area contributed by atoms with E-state index in [0.717, 1.165) is 5.56 Å². The quantitative estimate of drug-likeness (QED) is 0.627. The topological polar surface area (TPSA) is 93.2 Å². The van der Waals surface area contributed by atoms with E-state index in [-0.39, 0.29) is 17.5 Å². The van der Waals surface area contributed by atoms with E-state index in [4.69, 9.17) is 16.3 Å². The third kappa shape index (κ3) is 4.63. The lowest BCUT2D eigenvalue weighted by molar-refractivity contribution is 0.0600. The molecule has 142 valence electrons. The van der Waals surface area contributed by atoms with Crippen molar-refractivity contribution >= 4 is 40.8 Å². The average Bonchev–Trinajstić information content (AvgIpc) is 2.69. The molecule has 0 spiro atoms. The van der Waals surface area contributed by atoms with Crippen LogP contribution in [0.3, 0.4) is 0 Å². The van der Waals surface area contributed by atoms with E-state index in [1.807, 2.05) is 25.1 Å². The number of carbonyl (C=O) groups is 2. The van der Waals surface area contributed by atoms with Crippen LogP contribution in [0.15, 0.2) is 54.7 Å². The number of anilines is 3. The molecule has 0 aliphatic heterocycles. The summed E-state index contributed by atoms with van der Waals surface area (Å²) in [4.78, 5) is 32.5. The third-order valence-electron chi connectivity index (χ3n) is 3.80. The maximum Gasteiger partial charge on any atom is 0.337 e. The molecular weight excluding hydrogens is 380 g/mol. The highest BCUT2D eigenvalue weighted by Gasteiger charge is 2.12. The monoisotopic (exact) mass is 396 g/mol. The minimum absolute atomic E-state index is 0.167. The van der Waals surface area contributed by atoms with Gasteiger partial charge in [-0.1, -0.05) is 23.7 Å². The lowest BCUT2D eigenvalue weighted by atomic mass is 10.2. The standard InChI is InChI=1S/C20H17ClN4O3/c1-12-4-3-5-14(10-12)23-18(26)16-8-9-22-20(24-16)25-17-11-13(19(27)28-2)6-7-15(17)21/h3-11H,1-2H3,(H,23,26)(H,22,24,25). The Balaban J connectivity index is 1.80. The Hall–Kier alpha value is -3.45. The first kappa shape index (κ1) is 19.3. The minimum atomic E-state index is -0.494. The van der Waals surface area contributed by atoms with E-state index in [9.17, 15) is 9.59 Å². The number of methoxy groups -OCH3 is 1. The first-order valence-corrected chi connectivity index (χ1v) is 8.70. The number of hydrogen-bond acceptors (Lipinski definition) is 6. The summed E-state index contributed by atoms with van der Waals surface area (Å²) in [7, 11) is 1.30. The first-order chi connectivity index (χ1) is 13.5. The van der Waals surface area contributed by atoms with Crippen LogP contribution >= 0.6 is 11.6 Å². The Labute approximate surface area is 166 Å². The number of hydrogen-bond donors (Lipinski definition) is 2. The van der Waals surface area contributed by atoms with Gasteiger partial charge in [0.25, 0.3) is 5.91 Å². The summed E-state index contributed by atoms with van der Waals surface area (Å²) in [5.41, 5.74) is 2.62. The summed E-state index contributed by atoms with van der Waals surface area (Å²) >= 11 is 6.17. The van der Waals surface area contributed by atoms with Crippen LogP contribution in [0.1, 0.15) is 26.4 Å². The van der Waals surface area contributed by atoms with Gasteiger partial charge in [0.1, 0.15) is 5.69 Å². The van der Waals surface area contributed by atoms with Crippen molar-refractivity contribution < 1.29 is 14.3 Å². The molecule has 0 atom stereocenters. The van der Waals surface area contributed by atoms with Crippen LogP contribution < -0.4 is 10.6 Å². The highest BCUT2D eigenvalue weighted by atomic mass is 35.5. The van der Waals surface area contributed by atoms with E-state index >= 15 is 0 Å². The fourth-order valence-electron chi connectivity index (χ4n) is 2.45. The van der Waals surface area contributed by atoms with Gasteiger partial charge in [-0.25, -0.2) is 14.8 Å². The minimum Gasteiger partial charge on any atom is -0.465 e. The number of halogens is 1. The largest absolute Gasteiger partial charge is 0.465 e. The van der Waals surface area contributed by atoms with E-state index in [0.29, 0.717) is 22.0 Å². The van der Waals surface area contributed by atoms with E-state index in [2.05, 4.69) is 20.6 Å². The zero-order valence-corrected chi connectivity index (χ0v) is 15.9. The molecule has 1 amide bonds. The molecule has 7 nitrogen and oxygen atoms in total. The van der Waals surface area contributed by atoms with Gasteiger partial charge in [0, 0.05) is 11.9 Å². The zero-order valence-electron chi connectivity index (χ0n) is 15.2. The summed E-state index contributed by atoms with van der Waals surface area (Å²) in [6.07, 6.45) is 1.46. The molecule has 1 heterocycles. The number of rotatable bonds is 5. The Morgan fingerprint density at radius 3 is 2.68 bits per heavy atom. The molecule has 1 aromatic heterocycles. The van der Waals surface area contributed by atoms with Crippen molar-refractivity contribution in [3.05, 3.63) is 76.6 Å². The lowest BCUT2D eigenvalue weighted by Crippen LogP contribution is -2.15. The Bertz CT molecular complexity index is 1040. The summed E-state index contributed by atoms with van der Waals surface area (Å²) in [5, 5.41) is 6.07. The van der Waals surface area contributed by atoms with Crippen LogP contribution in [0.2, 0.25) is 5.02 Å². The second-order valence-electron chi connectivity index (χ2n) is 5.90. The number of aryl methyl sites for hydroxylation is 1. The van der Waals surface area contributed by atoms with Gasteiger partial charge < -0.3 is 15.4 Å². The molecule has 3 rings (SSSR count).